The van der Waals surface area contributed by atoms with Crippen LogP contribution in [0.4, 0.5) is 0 Å². The maximum atomic E-state index is 12.0. The molecule has 0 saturated carbocycles. The van der Waals surface area contributed by atoms with E-state index in [1.165, 1.54) is 0 Å². The maximum absolute atomic E-state index is 12.0. The normalized spacial score (nSPS) is 14.8. The minimum atomic E-state index is -0.832. The summed E-state index contributed by atoms with van der Waals surface area (Å²) in [6.45, 7) is 7.80. The molecule has 4 nitrogen and oxygen atoms in total. The van der Waals surface area contributed by atoms with Crippen molar-refractivity contribution >= 4 is 5.97 Å². The summed E-state index contributed by atoms with van der Waals surface area (Å²) in [5, 5.41) is 0. The van der Waals surface area contributed by atoms with Gasteiger partial charge in [0.05, 0.1) is 0 Å². The second kappa shape index (κ2) is 6.68. The van der Waals surface area contributed by atoms with Gasteiger partial charge in [0.25, 0.3) is 0 Å². The number of carbonyl (C=O) groups is 1. The topological polar surface area (TPSA) is 61.5 Å². The molecule has 1 unspecified atom stereocenters. The number of carbonyl (C=O) groups excluding carboxylic acids is 1. The average Bonchev–Trinajstić information content (AvgIpc) is 2.34. The molecule has 0 spiro atoms. The third kappa shape index (κ3) is 5.01. The fourth-order valence-corrected chi connectivity index (χ4v) is 1.72. The van der Waals surface area contributed by atoms with Gasteiger partial charge in [0.2, 0.25) is 0 Å². The molecule has 0 aliphatic carbocycles. The van der Waals surface area contributed by atoms with Crippen molar-refractivity contribution in [3.05, 3.63) is 35.9 Å². The summed E-state index contributed by atoms with van der Waals surface area (Å²) in [4.78, 5) is 12.0. The van der Waals surface area contributed by atoms with E-state index in [-0.39, 0.29) is 0 Å². The van der Waals surface area contributed by atoms with E-state index in [2.05, 4.69) is 0 Å². The molecule has 0 aliphatic heterocycles. The van der Waals surface area contributed by atoms with Crippen LogP contribution in [0.5, 0.6) is 0 Å². The van der Waals surface area contributed by atoms with Crippen molar-refractivity contribution in [2.24, 2.45) is 5.73 Å². The van der Waals surface area contributed by atoms with Crippen LogP contribution < -0.4 is 5.73 Å². The van der Waals surface area contributed by atoms with Gasteiger partial charge in [0, 0.05) is 6.61 Å². The zero-order valence-corrected chi connectivity index (χ0v) is 12.1. The summed E-state index contributed by atoms with van der Waals surface area (Å²) in [6, 6.07) is 8.65. The molecule has 0 saturated heterocycles. The number of rotatable bonds is 5. The third-order valence-electron chi connectivity index (χ3n) is 2.48. The Kier molecular flexibility index (Phi) is 5.51. The van der Waals surface area contributed by atoms with Crippen LogP contribution in [0, 0.1) is 0 Å². The number of esters is 1. The highest BCUT2D eigenvalue weighted by molar-refractivity contribution is 5.77. The maximum Gasteiger partial charge on any atom is 0.326 e. The molecule has 0 bridgehead atoms. The van der Waals surface area contributed by atoms with Crippen molar-refractivity contribution in [1.29, 1.82) is 0 Å². The highest BCUT2D eigenvalue weighted by Crippen LogP contribution is 2.22. The van der Waals surface area contributed by atoms with Crippen LogP contribution >= 0.6 is 0 Å². The molecule has 2 atom stereocenters. The Balaban J connectivity index is 2.85. The van der Waals surface area contributed by atoms with Crippen molar-refractivity contribution in [3.8, 4) is 0 Å². The lowest BCUT2D eigenvalue weighted by atomic mass is 10.0. The summed E-state index contributed by atoms with van der Waals surface area (Å²) in [5.74, 6) is -0.449. The third-order valence-corrected chi connectivity index (χ3v) is 2.48. The molecular formula is C15H23NO3. The zero-order valence-electron chi connectivity index (χ0n) is 12.1. The summed E-state index contributed by atoms with van der Waals surface area (Å²) in [5.41, 5.74) is 6.31. The predicted molar refractivity (Wildman–Crippen MR) is 74.6 cm³/mol. The van der Waals surface area contributed by atoms with E-state index in [9.17, 15) is 4.79 Å². The molecule has 1 rings (SSSR count). The van der Waals surface area contributed by atoms with Crippen molar-refractivity contribution in [3.63, 3.8) is 0 Å². The van der Waals surface area contributed by atoms with E-state index in [4.69, 9.17) is 15.2 Å². The predicted octanol–water partition coefficient (Wildman–Crippen LogP) is 2.43. The van der Waals surface area contributed by atoms with Crippen LogP contribution in [0.25, 0.3) is 0 Å². The largest absolute Gasteiger partial charge is 0.459 e. The zero-order chi connectivity index (χ0) is 14.5. The lowest BCUT2D eigenvalue weighted by Gasteiger charge is -2.27. The van der Waals surface area contributed by atoms with Crippen LogP contribution in [0.15, 0.2) is 30.3 Å². The number of hydrogen-bond donors (Lipinski definition) is 1. The van der Waals surface area contributed by atoms with Gasteiger partial charge in [0.1, 0.15) is 17.7 Å². The second-order valence-corrected chi connectivity index (χ2v) is 5.35. The molecule has 0 heterocycles. The number of nitrogens with two attached hydrogens (primary N) is 1. The van der Waals surface area contributed by atoms with Gasteiger partial charge in [-0.05, 0) is 33.3 Å². The van der Waals surface area contributed by atoms with Gasteiger partial charge in [-0.3, -0.25) is 4.79 Å². The summed E-state index contributed by atoms with van der Waals surface area (Å²) < 4.78 is 10.9. The molecule has 2 N–H and O–H groups in total. The lowest BCUT2D eigenvalue weighted by Crippen LogP contribution is -2.42. The second-order valence-electron chi connectivity index (χ2n) is 5.35. The van der Waals surface area contributed by atoms with Crippen LogP contribution in [0.1, 0.15) is 39.4 Å². The molecule has 1 aromatic carbocycles. The minimum Gasteiger partial charge on any atom is -0.459 e. The first-order valence-electron chi connectivity index (χ1n) is 6.50. The molecule has 0 aromatic heterocycles. The lowest BCUT2D eigenvalue weighted by molar-refractivity contribution is -0.160. The summed E-state index contributed by atoms with van der Waals surface area (Å²) >= 11 is 0. The first-order valence-corrected chi connectivity index (χ1v) is 6.50. The number of benzene rings is 1. The van der Waals surface area contributed by atoms with Crippen molar-refractivity contribution in [2.45, 2.75) is 45.4 Å². The Morgan fingerprint density at radius 3 is 2.32 bits per heavy atom. The summed E-state index contributed by atoms with van der Waals surface area (Å²) in [7, 11) is 0. The highest BCUT2D eigenvalue weighted by atomic mass is 16.6. The molecule has 1 aromatic rings. The Hall–Kier alpha value is -1.39. The minimum absolute atomic E-state index is 0.449. The van der Waals surface area contributed by atoms with Crippen molar-refractivity contribution < 1.29 is 14.3 Å². The SMILES string of the molecule is CCOC(c1ccccc1)[C@H](N)C(=O)OC(C)(C)C. The van der Waals surface area contributed by atoms with E-state index >= 15 is 0 Å². The molecule has 0 aliphatic rings. The number of ether oxygens (including phenoxy) is 2. The van der Waals surface area contributed by atoms with Gasteiger partial charge in [0.15, 0.2) is 0 Å². The quantitative estimate of drug-likeness (QED) is 0.831. The van der Waals surface area contributed by atoms with Crippen LogP contribution in [-0.4, -0.2) is 24.2 Å². The Morgan fingerprint density at radius 2 is 1.84 bits per heavy atom. The molecule has 0 amide bonds. The van der Waals surface area contributed by atoms with E-state index in [1.54, 1.807) is 0 Å². The Bertz CT molecular complexity index is 398. The van der Waals surface area contributed by atoms with Crippen molar-refractivity contribution in [1.82, 2.24) is 0 Å². The van der Waals surface area contributed by atoms with Gasteiger partial charge >= 0.3 is 5.97 Å². The van der Waals surface area contributed by atoms with Gasteiger partial charge in [-0.15, -0.1) is 0 Å². The Morgan fingerprint density at radius 1 is 1.26 bits per heavy atom. The monoisotopic (exact) mass is 265 g/mol. The van der Waals surface area contributed by atoms with Crippen molar-refractivity contribution in [2.75, 3.05) is 6.61 Å². The number of hydrogen-bond acceptors (Lipinski definition) is 4. The fraction of sp³-hybridized carbons (Fsp3) is 0.533. The first-order chi connectivity index (χ1) is 8.85. The van der Waals surface area contributed by atoms with Crippen LogP contribution in [0.2, 0.25) is 0 Å². The van der Waals surface area contributed by atoms with Gasteiger partial charge in [-0.1, -0.05) is 30.3 Å². The molecule has 106 valence electrons. The van der Waals surface area contributed by atoms with E-state index < -0.39 is 23.7 Å². The first kappa shape index (κ1) is 15.7. The molecular weight excluding hydrogens is 242 g/mol. The van der Waals surface area contributed by atoms with E-state index in [0.29, 0.717) is 6.61 Å². The van der Waals surface area contributed by atoms with Crippen LogP contribution in [0.3, 0.4) is 0 Å². The standard InChI is InChI=1S/C15H23NO3/c1-5-18-13(11-9-7-6-8-10-11)12(16)14(17)19-15(2,3)4/h6-10,12-13H,5,16H2,1-4H3/t12-,13?/m0/s1. The molecule has 0 radical (unpaired) electrons. The highest BCUT2D eigenvalue weighted by Gasteiger charge is 2.30. The van der Waals surface area contributed by atoms with E-state index in [1.807, 2.05) is 58.0 Å². The van der Waals surface area contributed by atoms with E-state index in [0.717, 1.165) is 5.56 Å². The fourth-order valence-electron chi connectivity index (χ4n) is 1.72. The summed E-state index contributed by atoms with van der Waals surface area (Å²) in [6.07, 6.45) is -0.485. The van der Waals surface area contributed by atoms with Gasteiger partial charge < -0.3 is 15.2 Å². The van der Waals surface area contributed by atoms with Gasteiger partial charge in [-0.2, -0.15) is 0 Å². The molecule has 0 fully saturated rings. The molecule has 19 heavy (non-hydrogen) atoms. The van der Waals surface area contributed by atoms with Crippen LogP contribution in [-0.2, 0) is 14.3 Å². The average molecular weight is 265 g/mol. The molecule has 4 heteroatoms. The van der Waals surface area contributed by atoms with Gasteiger partial charge in [-0.25, -0.2) is 0 Å². The Labute approximate surface area is 114 Å². The smallest absolute Gasteiger partial charge is 0.326 e.